The van der Waals surface area contributed by atoms with Crippen molar-refractivity contribution >= 4 is 29.6 Å². The normalized spacial score (nSPS) is 27.3. The number of hydrogen-bond donors (Lipinski definition) is 3. The Morgan fingerprint density at radius 3 is 2.31 bits per heavy atom. The van der Waals surface area contributed by atoms with Gasteiger partial charge in [-0.1, -0.05) is 106 Å². The number of carbonyl (C=O) groups excluding carboxylic acids is 4. The summed E-state index contributed by atoms with van der Waals surface area (Å²) in [4.78, 5) is 57.7. The largest absolute Gasteiger partial charge is 0.509 e. The number of fused-ring (bicyclic) bond motifs is 5. The molecule has 3 fully saturated rings. The molecule has 1 aromatic rings. The molecule has 1 amide bonds. The molecule has 5 aliphatic rings. The number of carboxylic acids is 1. The first-order valence-corrected chi connectivity index (χ1v) is 23.1. The van der Waals surface area contributed by atoms with Crippen LogP contribution in [0.15, 0.2) is 77.9 Å². The number of allylic oxidation sites excluding steroid dienone is 7. The number of rotatable bonds is 15. The average molecular weight is 846 g/mol. The first-order chi connectivity index (χ1) is 29.3. The van der Waals surface area contributed by atoms with Crippen LogP contribution in [0.2, 0.25) is 0 Å². The zero-order chi connectivity index (χ0) is 44.8. The number of benzene rings is 1. The zero-order valence-corrected chi connectivity index (χ0v) is 37.9. The monoisotopic (exact) mass is 846 g/mol. The molecule has 0 aromatic heterocycles. The zero-order valence-electron chi connectivity index (χ0n) is 37.9. The second-order valence-electron chi connectivity index (χ2n) is 17.3. The molecule has 3 N–H and O–H groups in total. The Labute approximate surface area is 365 Å². The maximum absolute atomic E-state index is 12.9. The predicted octanol–water partition coefficient (Wildman–Crippen LogP) is 10.5. The Hall–Kier alpha value is -4.31. The first kappa shape index (κ1) is 51.0. The molecule has 0 saturated heterocycles. The summed E-state index contributed by atoms with van der Waals surface area (Å²) in [5.74, 6) is 0.0510. The quantitative estimate of drug-likeness (QED) is 0.0888. The fourth-order valence-corrected chi connectivity index (χ4v) is 10.1. The number of Topliss-reactive ketones (excluding diaryl/α,β-unsaturated/α-hetero) is 1. The van der Waals surface area contributed by atoms with Gasteiger partial charge >= 0.3 is 12.1 Å². The van der Waals surface area contributed by atoms with E-state index in [0.717, 1.165) is 83.6 Å². The van der Waals surface area contributed by atoms with Crippen molar-refractivity contribution in [1.29, 1.82) is 0 Å². The topological polar surface area (TPSA) is 156 Å². The van der Waals surface area contributed by atoms with Gasteiger partial charge in [-0.25, -0.2) is 9.59 Å². The number of unbranched alkanes of at least 4 members (excludes halogenated alkanes) is 2. The van der Waals surface area contributed by atoms with Crippen molar-refractivity contribution in [3.8, 4) is 0 Å². The van der Waals surface area contributed by atoms with Crippen LogP contribution in [-0.2, 0) is 35.1 Å². The molecule has 1 aromatic carbocycles. The third-order valence-electron chi connectivity index (χ3n) is 13.3. The molecule has 338 valence electrons. The summed E-state index contributed by atoms with van der Waals surface area (Å²) in [6.45, 7) is 11.9. The Morgan fingerprint density at radius 1 is 0.918 bits per heavy atom. The number of carboxylic acid groups (broad SMARTS) is 1. The van der Waals surface area contributed by atoms with Gasteiger partial charge in [0.05, 0.1) is 6.10 Å². The summed E-state index contributed by atoms with van der Waals surface area (Å²) in [7, 11) is 0. The SMILES string of the molecule is C/C=C\CCCC(=O)NCC.CC.CC12CCC(=O)C=C1CCC1C2=CCC2(C)C(C(=O)COC(=O)OCC(=O)O)CCC12.OC1CCCC1/C=C/CCCc1ccccc1. The summed E-state index contributed by atoms with van der Waals surface area (Å²) in [5, 5.41) is 21.0. The van der Waals surface area contributed by atoms with E-state index in [1.54, 1.807) is 0 Å². The Bertz CT molecular complexity index is 1700. The Kier molecular flexibility index (Phi) is 21.9. The van der Waals surface area contributed by atoms with Crippen molar-refractivity contribution < 1.29 is 43.7 Å². The fourth-order valence-electron chi connectivity index (χ4n) is 10.1. The fraction of sp³-hybridized carbons (Fsp3) is 0.627. The molecule has 7 unspecified atom stereocenters. The van der Waals surface area contributed by atoms with Crippen LogP contribution >= 0.6 is 0 Å². The molecule has 0 bridgehead atoms. The maximum Gasteiger partial charge on any atom is 0.509 e. The van der Waals surface area contributed by atoms with Gasteiger partial charge in [-0.3, -0.25) is 14.4 Å². The highest BCUT2D eigenvalue weighted by atomic mass is 16.7. The van der Waals surface area contributed by atoms with Gasteiger partial charge in [0.2, 0.25) is 5.91 Å². The summed E-state index contributed by atoms with van der Waals surface area (Å²) in [6.07, 6.45) is 26.9. The van der Waals surface area contributed by atoms with Crippen LogP contribution < -0.4 is 5.32 Å². The van der Waals surface area contributed by atoms with Crippen LogP contribution in [0.25, 0.3) is 0 Å². The van der Waals surface area contributed by atoms with Gasteiger partial charge in [0.25, 0.3) is 0 Å². The van der Waals surface area contributed by atoms with Crippen molar-refractivity contribution in [3.63, 3.8) is 0 Å². The second kappa shape index (κ2) is 26.2. The number of carbonyl (C=O) groups is 5. The average Bonchev–Trinajstić information content (AvgIpc) is 3.84. The lowest BCUT2D eigenvalue weighted by Crippen LogP contribution is -2.45. The number of aliphatic carboxylic acids is 1. The number of hydrogen-bond acceptors (Lipinski definition) is 8. The summed E-state index contributed by atoms with van der Waals surface area (Å²) in [6, 6.07) is 10.6. The minimum absolute atomic E-state index is 0.0305. The molecule has 0 aliphatic heterocycles. The lowest BCUT2D eigenvalue weighted by molar-refractivity contribution is -0.141. The van der Waals surface area contributed by atoms with E-state index in [2.05, 4.69) is 78.5 Å². The van der Waals surface area contributed by atoms with Crippen LogP contribution in [-0.4, -0.2) is 65.7 Å². The summed E-state index contributed by atoms with van der Waals surface area (Å²) in [5.41, 5.74) is 3.94. The van der Waals surface area contributed by atoms with E-state index < -0.39 is 18.7 Å². The van der Waals surface area contributed by atoms with Crippen molar-refractivity contribution in [3.05, 3.63) is 83.5 Å². The highest BCUT2D eigenvalue weighted by Crippen LogP contribution is 2.64. The molecule has 0 radical (unpaired) electrons. The minimum Gasteiger partial charge on any atom is -0.479 e. The van der Waals surface area contributed by atoms with Crippen LogP contribution in [0, 0.1) is 34.5 Å². The highest BCUT2D eigenvalue weighted by molar-refractivity contribution is 5.92. The minimum atomic E-state index is -1.28. The van der Waals surface area contributed by atoms with E-state index in [0.29, 0.717) is 30.6 Å². The Balaban J connectivity index is 0.000000277. The van der Waals surface area contributed by atoms with Gasteiger partial charge in [0, 0.05) is 36.6 Å². The summed E-state index contributed by atoms with van der Waals surface area (Å²) < 4.78 is 9.30. The molecule has 3 saturated carbocycles. The Morgan fingerprint density at radius 2 is 1.64 bits per heavy atom. The molecule has 7 atom stereocenters. The number of ether oxygens (including phenoxy) is 2. The lowest BCUT2D eigenvalue weighted by Gasteiger charge is -2.53. The number of amides is 1. The third-order valence-corrected chi connectivity index (χ3v) is 13.3. The third kappa shape index (κ3) is 15.2. The highest BCUT2D eigenvalue weighted by Gasteiger charge is 2.57. The molecule has 0 heterocycles. The molecule has 61 heavy (non-hydrogen) atoms. The predicted molar refractivity (Wildman–Crippen MR) is 241 cm³/mol. The van der Waals surface area contributed by atoms with Gasteiger partial charge < -0.3 is 25.0 Å². The number of ketones is 2. The van der Waals surface area contributed by atoms with E-state index in [4.69, 9.17) is 9.84 Å². The number of aliphatic hydroxyl groups is 1. The lowest BCUT2D eigenvalue weighted by atomic mass is 9.51. The molecule has 10 nitrogen and oxygen atoms in total. The number of aliphatic hydroxyl groups excluding tert-OH is 1. The van der Waals surface area contributed by atoms with Crippen molar-refractivity contribution in [2.24, 2.45) is 34.5 Å². The van der Waals surface area contributed by atoms with E-state index in [1.807, 2.05) is 39.8 Å². The maximum atomic E-state index is 12.9. The van der Waals surface area contributed by atoms with Crippen LogP contribution in [0.5, 0.6) is 0 Å². The summed E-state index contributed by atoms with van der Waals surface area (Å²) >= 11 is 0. The molecule has 6 rings (SSSR count). The first-order valence-electron chi connectivity index (χ1n) is 23.1. The number of nitrogens with one attached hydrogen (secondary N) is 1. The molecular weight excluding hydrogens is 771 g/mol. The van der Waals surface area contributed by atoms with Gasteiger partial charge in [-0.15, -0.1) is 0 Å². The standard InChI is InChI=1S/C24H30O7.C16H22O.C9H17NO.C2H6/c1-23-9-7-15(25)11-14(23)3-4-16-17-5-6-19(24(17,2)10-8-18(16)23)20(26)12-30-22(29)31-13-21(27)28;17-16-13-7-12-15(16)11-6-2-5-10-14-8-3-1-4-9-14;1-3-5-6-7-8-9(11)10-4-2;1-2/h8,11,16-17,19H,3-7,9-10,12-13H2,1-2H3,(H,27,28);1,3-4,6,8-9,11,15-17H,2,5,7,10,12-13H2;3,5H,4,6-8H2,1-2H3,(H,10,11);1-2H3/b;11-6+;5-3-;. The molecular formula is C51H75NO9. The van der Waals surface area contributed by atoms with Crippen LogP contribution in [0.4, 0.5) is 4.79 Å². The molecule has 10 heteroatoms. The molecule has 0 spiro atoms. The second-order valence-corrected chi connectivity index (χ2v) is 17.3. The van der Waals surface area contributed by atoms with Gasteiger partial charge in [-0.2, -0.15) is 0 Å². The number of aryl methyl sites for hydroxylation is 1. The van der Waals surface area contributed by atoms with Crippen molar-refractivity contribution in [2.75, 3.05) is 19.8 Å². The smallest absolute Gasteiger partial charge is 0.479 e. The van der Waals surface area contributed by atoms with Crippen molar-refractivity contribution in [2.45, 2.75) is 150 Å². The van der Waals surface area contributed by atoms with Gasteiger partial charge in [0.15, 0.2) is 24.8 Å². The molecule has 5 aliphatic carbocycles. The van der Waals surface area contributed by atoms with E-state index in [-0.39, 0.29) is 46.9 Å². The van der Waals surface area contributed by atoms with E-state index in [1.165, 1.54) is 29.6 Å². The van der Waals surface area contributed by atoms with E-state index in [9.17, 15) is 29.1 Å². The van der Waals surface area contributed by atoms with Crippen molar-refractivity contribution in [1.82, 2.24) is 5.32 Å². The van der Waals surface area contributed by atoms with Crippen LogP contribution in [0.3, 0.4) is 0 Å². The van der Waals surface area contributed by atoms with Gasteiger partial charge in [-0.05, 0) is 126 Å². The van der Waals surface area contributed by atoms with Gasteiger partial charge in [0.1, 0.15) is 0 Å². The van der Waals surface area contributed by atoms with E-state index >= 15 is 0 Å². The van der Waals surface area contributed by atoms with Crippen LogP contribution in [0.1, 0.15) is 143 Å².